The van der Waals surface area contributed by atoms with Crippen molar-refractivity contribution in [3.05, 3.63) is 58.7 Å². The molecule has 0 amide bonds. The predicted molar refractivity (Wildman–Crippen MR) is 112 cm³/mol. The van der Waals surface area contributed by atoms with Gasteiger partial charge in [-0.15, -0.1) is 0 Å². The van der Waals surface area contributed by atoms with E-state index in [2.05, 4.69) is 6.92 Å². The molecule has 2 aromatic carbocycles. The van der Waals surface area contributed by atoms with Crippen molar-refractivity contribution in [2.45, 2.75) is 71.1 Å². The van der Waals surface area contributed by atoms with Gasteiger partial charge in [-0.05, 0) is 80.2 Å². The van der Waals surface area contributed by atoms with Crippen LogP contribution in [-0.2, 0) is 0 Å². The van der Waals surface area contributed by atoms with E-state index in [-0.39, 0.29) is 22.6 Å². The van der Waals surface area contributed by atoms with Crippen LogP contribution >= 0.6 is 0 Å². The minimum absolute atomic E-state index is 0.00749. The Morgan fingerprint density at radius 1 is 0.600 bits per heavy atom. The van der Waals surface area contributed by atoms with E-state index in [1.807, 2.05) is 0 Å². The van der Waals surface area contributed by atoms with Crippen LogP contribution in [0, 0.1) is 47.9 Å². The fraction of sp³-hybridized carbons (Fsp3) is 0.538. The van der Waals surface area contributed by atoms with Gasteiger partial charge in [-0.3, -0.25) is 0 Å². The van der Waals surface area contributed by atoms with Crippen molar-refractivity contribution in [2.24, 2.45) is 17.8 Å². The van der Waals surface area contributed by atoms with Gasteiger partial charge >= 0.3 is 0 Å². The molecule has 0 nitrogen and oxygen atoms in total. The van der Waals surface area contributed by atoms with Gasteiger partial charge in [0.25, 0.3) is 0 Å². The Bertz CT molecular complexity index is 904. The Morgan fingerprint density at radius 2 is 1.10 bits per heavy atom. The van der Waals surface area contributed by atoms with Crippen molar-refractivity contribution in [1.29, 1.82) is 0 Å². The Kier molecular flexibility index (Phi) is 6.22. The third-order valence-corrected chi connectivity index (χ3v) is 7.62. The van der Waals surface area contributed by atoms with E-state index in [1.165, 1.54) is 50.8 Å². The van der Waals surface area contributed by atoms with Crippen molar-refractivity contribution in [1.82, 2.24) is 0 Å². The number of benzene rings is 2. The molecule has 0 heterocycles. The van der Waals surface area contributed by atoms with Gasteiger partial charge in [0.05, 0.1) is 0 Å². The first-order valence-corrected chi connectivity index (χ1v) is 11.3. The van der Waals surface area contributed by atoms with Crippen molar-refractivity contribution in [3.8, 4) is 11.1 Å². The number of aryl methyl sites for hydroxylation is 1. The van der Waals surface area contributed by atoms with E-state index in [1.54, 1.807) is 6.07 Å². The lowest BCUT2D eigenvalue weighted by atomic mass is 9.68. The van der Waals surface area contributed by atoms with Crippen LogP contribution in [0.1, 0.15) is 75.3 Å². The summed E-state index contributed by atoms with van der Waals surface area (Å²) in [4.78, 5) is 0. The molecule has 2 saturated carbocycles. The summed E-state index contributed by atoms with van der Waals surface area (Å²) in [5.74, 6) is -1.85. The quantitative estimate of drug-likeness (QED) is 0.440. The van der Waals surface area contributed by atoms with Gasteiger partial charge in [0, 0.05) is 11.1 Å². The van der Waals surface area contributed by atoms with E-state index >= 15 is 0 Å². The van der Waals surface area contributed by atoms with Gasteiger partial charge in [-0.2, -0.15) is 0 Å². The standard InChI is InChI=1S/C26H30F4/c1-15-3-6-17(7-4-15)18-8-10-19(11-9-18)20-13-14-22(26(30)24(20)28)21-12-5-16(2)23(27)25(21)29/h5,12-15,17-19H,3-4,6-11H2,1-2H3. The Hall–Kier alpha value is -1.84. The number of halogens is 4. The van der Waals surface area contributed by atoms with Crippen molar-refractivity contribution in [2.75, 3.05) is 0 Å². The van der Waals surface area contributed by atoms with E-state index in [0.717, 1.165) is 37.5 Å². The number of hydrogen-bond acceptors (Lipinski definition) is 0. The predicted octanol–water partition coefficient (Wildman–Crippen LogP) is 8.32. The van der Waals surface area contributed by atoms with Gasteiger partial charge in [0.2, 0.25) is 0 Å². The van der Waals surface area contributed by atoms with E-state index in [4.69, 9.17) is 0 Å². The summed E-state index contributed by atoms with van der Waals surface area (Å²) in [6.45, 7) is 3.76. The molecule has 2 aromatic rings. The van der Waals surface area contributed by atoms with Crippen molar-refractivity contribution >= 4 is 0 Å². The fourth-order valence-electron chi connectivity index (χ4n) is 5.60. The summed E-state index contributed by atoms with van der Waals surface area (Å²) in [6.07, 6.45) is 9.05. The molecule has 0 radical (unpaired) electrons. The van der Waals surface area contributed by atoms with Gasteiger partial charge in [-0.25, -0.2) is 17.6 Å². The minimum Gasteiger partial charge on any atom is -0.203 e. The zero-order chi connectivity index (χ0) is 21.4. The largest absolute Gasteiger partial charge is 0.203 e. The average Bonchev–Trinajstić information content (AvgIpc) is 2.75. The lowest BCUT2D eigenvalue weighted by Crippen LogP contribution is -2.25. The fourth-order valence-corrected chi connectivity index (χ4v) is 5.60. The number of rotatable bonds is 3. The second-order valence-electron chi connectivity index (χ2n) is 9.52. The number of hydrogen-bond donors (Lipinski definition) is 0. The maximum absolute atomic E-state index is 14.9. The molecular formula is C26H30F4. The molecular weight excluding hydrogens is 388 g/mol. The molecule has 4 heteroatoms. The van der Waals surface area contributed by atoms with E-state index < -0.39 is 23.3 Å². The molecule has 0 aromatic heterocycles. The van der Waals surface area contributed by atoms with Crippen LogP contribution in [0.2, 0.25) is 0 Å². The highest BCUT2D eigenvalue weighted by molar-refractivity contribution is 5.66. The smallest absolute Gasteiger partial charge is 0.167 e. The Labute approximate surface area is 176 Å². The van der Waals surface area contributed by atoms with Crippen LogP contribution in [0.15, 0.2) is 24.3 Å². The molecule has 2 aliphatic rings. The maximum Gasteiger partial charge on any atom is 0.167 e. The zero-order valence-corrected chi connectivity index (χ0v) is 17.8. The molecule has 0 N–H and O–H groups in total. The zero-order valence-electron chi connectivity index (χ0n) is 17.8. The van der Waals surface area contributed by atoms with Crippen LogP contribution in [-0.4, -0.2) is 0 Å². The molecule has 0 saturated heterocycles. The minimum atomic E-state index is -1.14. The summed E-state index contributed by atoms with van der Waals surface area (Å²) in [6, 6.07) is 5.65. The highest BCUT2D eigenvalue weighted by atomic mass is 19.2. The van der Waals surface area contributed by atoms with Crippen LogP contribution in [0.25, 0.3) is 11.1 Å². The highest BCUT2D eigenvalue weighted by Gasteiger charge is 2.32. The molecule has 4 rings (SSSR count). The second-order valence-corrected chi connectivity index (χ2v) is 9.52. The van der Waals surface area contributed by atoms with E-state index in [9.17, 15) is 17.6 Å². The first kappa shape index (κ1) is 21.4. The first-order valence-electron chi connectivity index (χ1n) is 11.3. The van der Waals surface area contributed by atoms with Gasteiger partial charge < -0.3 is 0 Å². The average molecular weight is 419 g/mol. The first-order chi connectivity index (χ1) is 14.4. The van der Waals surface area contributed by atoms with Crippen LogP contribution < -0.4 is 0 Å². The van der Waals surface area contributed by atoms with Crippen molar-refractivity contribution < 1.29 is 17.6 Å². The summed E-state index contributed by atoms with van der Waals surface area (Å²) >= 11 is 0. The van der Waals surface area contributed by atoms with Crippen LogP contribution in [0.3, 0.4) is 0 Å². The second kappa shape index (κ2) is 8.72. The molecule has 162 valence electrons. The molecule has 0 unspecified atom stereocenters. The molecule has 0 spiro atoms. The summed E-state index contributed by atoms with van der Waals surface area (Å²) in [7, 11) is 0. The summed E-state index contributed by atoms with van der Waals surface area (Å²) in [5.41, 5.74) is 0.0480. The SMILES string of the molecule is Cc1ccc(-c2ccc(C3CCC(C4CCC(C)CC4)CC3)c(F)c2F)c(F)c1F. The van der Waals surface area contributed by atoms with E-state index in [0.29, 0.717) is 11.5 Å². The van der Waals surface area contributed by atoms with Gasteiger partial charge in [0.1, 0.15) is 0 Å². The Morgan fingerprint density at radius 3 is 1.70 bits per heavy atom. The highest BCUT2D eigenvalue weighted by Crippen LogP contribution is 2.45. The Balaban J connectivity index is 1.50. The topological polar surface area (TPSA) is 0 Å². The molecule has 0 atom stereocenters. The van der Waals surface area contributed by atoms with Gasteiger partial charge in [0.15, 0.2) is 23.3 Å². The third-order valence-electron chi connectivity index (χ3n) is 7.62. The molecule has 2 aliphatic carbocycles. The lowest BCUT2D eigenvalue weighted by molar-refractivity contribution is 0.164. The van der Waals surface area contributed by atoms with Crippen LogP contribution in [0.5, 0.6) is 0 Å². The van der Waals surface area contributed by atoms with Crippen LogP contribution in [0.4, 0.5) is 17.6 Å². The monoisotopic (exact) mass is 418 g/mol. The maximum atomic E-state index is 14.9. The van der Waals surface area contributed by atoms with Crippen molar-refractivity contribution in [3.63, 3.8) is 0 Å². The summed E-state index contributed by atoms with van der Waals surface area (Å²) < 4.78 is 58.0. The summed E-state index contributed by atoms with van der Waals surface area (Å²) in [5, 5.41) is 0. The molecule has 0 bridgehead atoms. The lowest BCUT2D eigenvalue weighted by Gasteiger charge is -2.37. The van der Waals surface area contributed by atoms with Gasteiger partial charge in [-0.1, -0.05) is 44.0 Å². The molecule has 30 heavy (non-hydrogen) atoms. The normalized spacial score (nSPS) is 27.3. The third kappa shape index (κ3) is 4.02. The molecule has 0 aliphatic heterocycles. The molecule has 2 fully saturated rings.